The molecule has 1 saturated heterocycles. The minimum Gasteiger partial charge on any atom is -0.449 e. The fourth-order valence-electron chi connectivity index (χ4n) is 4.89. The summed E-state index contributed by atoms with van der Waals surface area (Å²) >= 11 is 0. The summed E-state index contributed by atoms with van der Waals surface area (Å²) in [4.78, 5) is 32.8. The quantitative estimate of drug-likeness (QED) is 0.640. The Bertz CT molecular complexity index is 1170. The van der Waals surface area contributed by atoms with E-state index < -0.39 is 21.9 Å². The number of rotatable bonds is 5. The molecule has 2 aromatic rings. The van der Waals surface area contributed by atoms with Crippen LogP contribution in [0.4, 0.5) is 0 Å². The molecule has 1 aromatic heterocycles. The van der Waals surface area contributed by atoms with Crippen LogP contribution in [-0.2, 0) is 32.2 Å². The topological polar surface area (TPSA) is 93.6 Å². The zero-order valence-corrected chi connectivity index (χ0v) is 19.7. The van der Waals surface area contributed by atoms with Gasteiger partial charge in [-0.05, 0) is 70.6 Å². The van der Waals surface area contributed by atoms with Gasteiger partial charge >= 0.3 is 5.97 Å². The molecular formula is C24H30N2O5S. The highest BCUT2D eigenvalue weighted by Gasteiger charge is 2.36. The molecule has 1 aromatic carbocycles. The number of ether oxygens (including phenoxy) is 1. The van der Waals surface area contributed by atoms with Gasteiger partial charge in [-0.1, -0.05) is 11.6 Å². The second-order valence-electron chi connectivity index (χ2n) is 8.87. The predicted molar refractivity (Wildman–Crippen MR) is 122 cm³/mol. The zero-order valence-electron chi connectivity index (χ0n) is 18.9. The standard InChI is InChI=1S/C24H30N2O5S/c1-4-26(17-11-12-32(29,30)14-17)23(27)16(3)31-24(28)22-18-7-5-6-8-20(18)25-21-10-9-15(2)13-19(21)22/h9-10,13,16-17H,4-8,11-12,14H2,1-3H3/t16-,17+/m0/s1. The Kier molecular flexibility index (Phi) is 6.25. The van der Waals surface area contributed by atoms with Crippen LogP contribution in [0, 0.1) is 6.92 Å². The van der Waals surface area contributed by atoms with Crippen molar-refractivity contribution in [2.75, 3.05) is 18.1 Å². The van der Waals surface area contributed by atoms with E-state index in [9.17, 15) is 18.0 Å². The first kappa shape index (κ1) is 22.7. The molecule has 1 amide bonds. The number of carbonyl (C=O) groups is 2. The van der Waals surface area contributed by atoms with Crippen LogP contribution >= 0.6 is 0 Å². The van der Waals surface area contributed by atoms with Crippen LogP contribution in [-0.4, -0.2) is 60.4 Å². The molecule has 0 unspecified atom stereocenters. The maximum absolute atomic E-state index is 13.4. The summed E-state index contributed by atoms with van der Waals surface area (Å²) in [5.41, 5.74) is 4.15. The molecule has 0 saturated carbocycles. The van der Waals surface area contributed by atoms with Crippen molar-refractivity contribution in [1.29, 1.82) is 0 Å². The van der Waals surface area contributed by atoms with Crippen LogP contribution < -0.4 is 0 Å². The van der Waals surface area contributed by atoms with E-state index in [0.29, 0.717) is 18.5 Å². The number of aryl methyl sites for hydroxylation is 2. The van der Waals surface area contributed by atoms with Gasteiger partial charge in [-0.3, -0.25) is 9.78 Å². The van der Waals surface area contributed by atoms with E-state index in [0.717, 1.165) is 53.4 Å². The van der Waals surface area contributed by atoms with Gasteiger partial charge in [0.1, 0.15) is 0 Å². The molecule has 1 aliphatic heterocycles. The number of hydrogen-bond acceptors (Lipinski definition) is 6. The molecule has 172 valence electrons. The van der Waals surface area contributed by atoms with Crippen LogP contribution in [0.25, 0.3) is 10.9 Å². The number of esters is 1. The van der Waals surface area contributed by atoms with Gasteiger partial charge in [-0.25, -0.2) is 13.2 Å². The number of sulfone groups is 1. The molecule has 32 heavy (non-hydrogen) atoms. The van der Waals surface area contributed by atoms with Gasteiger partial charge in [0.15, 0.2) is 15.9 Å². The highest BCUT2D eigenvalue weighted by molar-refractivity contribution is 7.91. The predicted octanol–water partition coefficient (Wildman–Crippen LogP) is 3.00. The number of fused-ring (bicyclic) bond motifs is 2. The molecule has 7 nitrogen and oxygen atoms in total. The molecule has 8 heteroatoms. The highest BCUT2D eigenvalue weighted by atomic mass is 32.2. The Morgan fingerprint density at radius 1 is 1.25 bits per heavy atom. The third-order valence-electron chi connectivity index (χ3n) is 6.53. The van der Waals surface area contributed by atoms with Crippen LogP contribution in [0.3, 0.4) is 0 Å². The summed E-state index contributed by atoms with van der Waals surface area (Å²) in [6.45, 7) is 5.71. The van der Waals surface area contributed by atoms with Crippen molar-refractivity contribution >= 4 is 32.6 Å². The van der Waals surface area contributed by atoms with E-state index >= 15 is 0 Å². The minimum atomic E-state index is -3.12. The highest BCUT2D eigenvalue weighted by Crippen LogP contribution is 2.31. The third kappa shape index (κ3) is 4.37. The maximum Gasteiger partial charge on any atom is 0.339 e. The normalized spacial score (nSPS) is 20.5. The Balaban J connectivity index is 1.62. The van der Waals surface area contributed by atoms with E-state index in [2.05, 4.69) is 0 Å². The second kappa shape index (κ2) is 8.81. The number of benzene rings is 1. The van der Waals surface area contributed by atoms with Crippen molar-refractivity contribution in [3.63, 3.8) is 0 Å². The first-order chi connectivity index (χ1) is 15.2. The Morgan fingerprint density at radius 2 is 2.00 bits per heavy atom. The lowest BCUT2D eigenvalue weighted by molar-refractivity contribution is -0.141. The molecule has 1 aliphatic carbocycles. The smallest absolute Gasteiger partial charge is 0.339 e. The first-order valence-corrected chi connectivity index (χ1v) is 13.2. The number of pyridine rings is 1. The van der Waals surface area contributed by atoms with E-state index in [1.54, 1.807) is 6.92 Å². The summed E-state index contributed by atoms with van der Waals surface area (Å²) in [5.74, 6) is -0.817. The van der Waals surface area contributed by atoms with Crippen LogP contribution in [0.1, 0.15) is 60.3 Å². The molecule has 1 fully saturated rings. The molecule has 0 N–H and O–H groups in total. The molecule has 0 spiro atoms. The van der Waals surface area contributed by atoms with Crippen molar-refractivity contribution in [1.82, 2.24) is 9.88 Å². The van der Waals surface area contributed by atoms with Crippen molar-refractivity contribution in [3.05, 3.63) is 40.6 Å². The van der Waals surface area contributed by atoms with E-state index in [-0.39, 0.29) is 23.5 Å². The van der Waals surface area contributed by atoms with Crippen molar-refractivity contribution < 1.29 is 22.7 Å². The lowest BCUT2D eigenvalue weighted by atomic mass is 9.89. The number of likely N-dealkylation sites (N-methyl/N-ethyl adjacent to an activating group) is 1. The average molecular weight is 459 g/mol. The summed E-state index contributed by atoms with van der Waals surface area (Å²) in [6, 6.07) is 5.48. The monoisotopic (exact) mass is 458 g/mol. The van der Waals surface area contributed by atoms with E-state index in [1.165, 1.54) is 4.90 Å². The van der Waals surface area contributed by atoms with E-state index in [4.69, 9.17) is 9.72 Å². The van der Waals surface area contributed by atoms with E-state index in [1.807, 2.05) is 32.0 Å². The third-order valence-corrected chi connectivity index (χ3v) is 8.28. The Hall–Kier alpha value is -2.48. The Labute approximate surface area is 189 Å². The van der Waals surface area contributed by atoms with Crippen LogP contribution in [0.15, 0.2) is 18.2 Å². The van der Waals surface area contributed by atoms with Crippen molar-refractivity contribution in [2.45, 2.75) is 65.0 Å². The SMILES string of the molecule is CCN(C(=O)[C@H](C)OC(=O)c1c2c(nc3ccc(C)cc13)CCCC2)[C@@H]1CCS(=O)(=O)C1. The van der Waals surface area contributed by atoms with Crippen molar-refractivity contribution in [3.8, 4) is 0 Å². The van der Waals surface area contributed by atoms with Gasteiger partial charge < -0.3 is 9.64 Å². The molecule has 0 bridgehead atoms. The number of amides is 1. The van der Waals surface area contributed by atoms with Gasteiger partial charge in [0, 0.05) is 23.7 Å². The van der Waals surface area contributed by atoms with Gasteiger partial charge in [0.05, 0.1) is 22.6 Å². The summed E-state index contributed by atoms with van der Waals surface area (Å²) < 4.78 is 29.5. The van der Waals surface area contributed by atoms with Gasteiger partial charge in [-0.15, -0.1) is 0 Å². The maximum atomic E-state index is 13.4. The fourth-order valence-corrected chi connectivity index (χ4v) is 6.62. The molecule has 0 radical (unpaired) electrons. The first-order valence-electron chi connectivity index (χ1n) is 11.3. The summed E-state index contributed by atoms with van der Waals surface area (Å²) in [7, 11) is -3.12. The van der Waals surface area contributed by atoms with Gasteiger partial charge in [-0.2, -0.15) is 0 Å². The molecule has 2 atom stereocenters. The molecule has 4 rings (SSSR count). The lowest BCUT2D eigenvalue weighted by Crippen LogP contribution is -2.46. The van der Waals surface area contributed by atoms with Crippen molar-refractivity contribution in [2.24, 2.45) is 0 Å². The minimum absolute atomic E-state index is 0.0327. The molecular weight excluding hydrogens is 428 g/mol. The second-order valence-corrected chi connectivity index (χ2v) is 11.1. The zero-order chi connectivity index (χ0) is 23.0. The lowest BCUT2D eigenvalue weighted by Gasteiger charge is -2.29. The van der Waals surface area contributed by atoms with Crippen LogP contribution in [0.2, 0.25) is 0 Å². The Morgan fingerprint density at radius 3 is 2.69 bits per heavy atom. The molecule has 2 heterocycles. The average Bonchev–Trinajstić information content (AvgIpc) is 3.11. The van der Waals surface area contributed by atoms with Crippen LogP contribution in [0.5, 0.6) is 0 Å². The van der Waals surface area contributed by atoms with Gasteiger partial charge in [0.2, 0.25) is 0 Å². The largest absolute Gasteiger partial charge is 0.449 e. The molecule has 2 aliphatic rings. The number of hydrogen-bond donors (Lipinski definition) is 0. The number of nitrogens with zero attached hydrogens (tertiary/aromatic N) is 2. The summed E-state index contributed by atoms with van der Waals surface area (Å²) in [6.07, 6.45) is 3.03. The van der Waals surface area contributed by atoms with Gasteiger partial charge in [0.25, 0.3) is 5.91 Å². The number of aromatic nitrogens is 1. The number of carbonyl (C=O) groups excluding carboxylic acids is 2. The summed E-state index contributed by atoms with van der Waals surface area (Å²) in [5, 5.41) is 0.754. The fraction of sp³-hybridized carbons (Fsp3) is 0.542.